The second-order valence-corrected chi connectivity index (χ2v) is 8.26. The predicted octanol–water partition coefficient (Wildman–Crippen LogP) is 4.14. The van der Waals surface area contributed by atoms with E-state index in [-0.39, 0.29) is 0 Å². The summed E-state index contributed by atoms with van der Waals surface area (Å²) in [6.45, 7) is 9.35. The highest BCUT2D eigenvalue weighted by Gasteiger charge is 2.61. The standard InChI is InChI=1S/C18H33NO/c1-17(2)14-9-10-18(17,3)16(13-14)20-12-11-19-15-7-5-4-6-8-15/h14-16,19H,4-13H2,1-3H3/t14-,16-,18-/m1/s1. The van der Waals surface area contributed by atoms with Crippen molar-refractivity contribution in [3.63, 3.8) is 0 Å². The van der Waals surface area contributed by atoms with Crippen molar-refractivity contribution in [2.75, 3.05) is 13.2 Å². The molecule has 20 heavy (non-hydrogen) atoms. The van der Waals surface area contributed by atoms with E-state index in [1.165, 1.54) is 51.4 Å². The van der Waals surface area contributed by atoms with E-state index >= 15 is 0 Å². The Morgan fingerprint density at radius 2 is 1.80 bits per heavy atom. The van der Waals surface area contributed by atoms with Gasteiger partial charge in [-0.1, -0.05) is 40.0 Å². The van der Waals surface area contributed by atoms with Gasteiger partial charge in [-0.3, -0.25) is 0 Å². The third-order valence-corrected chi connectivity index (χ3v) is 7.17. The molecule has 0 aromatic carbocycles. The van der Waals surface area contributed by atoms with Crippen molar-refractivity contribution in [1.82, 2.24) is 5.32 Å². The average Bonchev–Trinajstić information content (AvgIpc) is 2.78. The van der Waals surface area contributed by atoms with Gasteiger partial charge in [-0.2, -0.15) is 0 Å². The molecule has 3 saturated carbocycles. The lowest BCUT2D eigenvalue weighted by Gasteiger charge is -2.39. The van der Waals surface area contributed by atoms with Crippen LogP contribution in [-0.2, 0) is 4.74 Å². The number of ether oxygens (including phenoxy) is 1. The SMILES string of the molecule is CC1(C)[C@@H]2CC[C@]1(C)[C@H](OCCNC1CCCCC1)C2. The van der Waals surface area contributed by atoms with E-state index in [1.807, 2.05) is 0 Å². The Kier molecular flexibility index (Phi) is 4.16. The summed E-state index contributed by atoms with van der Waals surface area (Å²) in [5.74, 6) is 0.892. The van der Waals surface area contributed by atoms with E-state index < -0.39 is 0 Å². The van der Waals surface area contributed by atoms with Crippen molar-refractivity contribution in [3.8, 4) is 0 Å². The fraction of sp³-hybridized carbons (Fsp3) is 1.00. The number of hydrogen-bond donors (Lipinski definition) is 1. The number of nitrogens with one attached hydrogen (secondary N) is 1. The molecule has 0 saturated heterocycles. The van der Waals surface area contributed by atoms with Crippen molar-refractivity contribution >= 4 is 0 Å². The average molecular weight is 279 g/mol. The van der Waals surface area contributed by atoms with Gasteiger partial charge in [0, 0.05) is 12.6 Å². The lowest BCUT2D eigenvalue weighted by Crippen LogP contribution is -2.39. The summed E-state index contributed by atoms with van der Waals surface area (Å²) in [5, 5.41) is 3.70. The fourth-order valence-electron chi connectivity index (χ4n) is 5.15. The molecule has 0 amide bonds. The first-order valence-corrected chi connectivity index (χ1v) is 8.89. The molecule has 0 spiro atoms. The third kappa shape index (κ3) is 2.43. The quantitative estimate of drug-likeness (QED) is 0.764. The Morgan fingerprint density at radius 1 is 1.05 bits per heavy atom. The van der Waals surface area contributed by atoms with Crippen LogP contribution in [-0.4, -0.2) is 25.3 Å². The van der Waals surface area contributed by atoms with Crippen LogP contribution in [0.25, 0.3) is 0 Å². The molecule has 0 aromatic rings. The Labute approximate surface area is 125 Å². The number of fused-ring (bicyclic) bond motifs is 2. The Morgan fingerprint density at radius 3 is 2.40 bits per heavy atom. The Hall–Kier alpha value is -0.0800. The first-order chi connectivity index (χ1) is 9.54. The van der Waals surface area contributed by atoms with Crippen LogP contribution < -0.4 is 5.32 Å². The minimum atomic E-state index is 0.419. The summed E-state index contributed by atoms with van der Waals surface area (Å²) >= 11 is 0. The maximum Gasteiger partial charge on any atom is 0.0637 e. The molecular weight excluding hydrogens is 246 g/mol. The van der Waals surface area contributed by atoms with E-state index in [1.54, 1.807) is 0 Å². The topological polar surface area (TPSA) is 21.3 Å². The monoisotopic (exact) mass is 279 g/mol. The van der Waals surface area contributed by atoms with Crippen LogP contribution in [0.4, 0.5) is 0 Å². The van der Waals surface area contributed by atoms with Gasteiger partial charge in [0.15, 0.2) is 0 Å². The molecule has 0 aliphatic heterocycles. The van der Waals surface area contributed by atoms with Gasteiger partial charge in [0.25, 0.3) is 0 Å². The van der Waals surface area contributed by atoms with E-state index in [0.717, 1.165) is 25.1 Å². The molecule has 3 atom stereocenters. The molecule has 3 fully saturated rings. The maximum atomic E-state index is 6.30. The molecule has 0 aromatic heterocycles. The maximum absolute atomic E-state index is 6.30. The number of rotatable bonds is 5. The van der Waals surface area contributed by atoms with Crippen molar-refractivity contribution in [1.29, 1.82) is 0 Å². The minimum Gasteiger partial charge on any atom is -0.376 e. The fourth-order valence-corrected chi connectivity index (χ4v) is 5.15. The van der Waals surface area contributed by atoms with E-state index in [9.17, 15) is 0 Å². The van der Waals surface area contributed by atoms with Crippen LogP contribution in [0.1, 0.15) is 72.1 Å². The summed E-state index contributed by atoms with van der Waals surface area (Å²) in [6, 6.07) is 0.763. The molecule has 3 aliphatic rings. The molecule has 0 unspecified atom stereocenters. The van der Waals surface area contributed by atoms with Gasteiger partial charge in [0.1, 0.15) is 0 Å². The van der Waals surface area contributed by atoms with Gasteiger partial charge in [-0.05, 0) is 48.9 Å². The second kappa shape index (κ2) is 5.61. The summed E-state index contributed by atoms with van der Waals surface area (Å²) in [6.07, 6.45) is 11.6. The van der Waals surface area contributed by atoms with Crippen molar-refractivity contribution in [2.45, 2.75) is 84.3 Å². The van der Waals surface area contributed by atoms with Gasteiger partial charge in [-0.25, -0.2) is 0 Å². The molecule has 1 N–H and O–H groups in total. The molecule has 2 bridgehead atoms. The summed E-state index contributed by atoms with van der Waals surface area (Å²) in [7, 11) is 0. The van der Waals surface area contributed by atoms with E-state index in [2.05, 4.69) is 26.1 Å². The van der Waals surface area contributed by atoms with Gasteiger partial charge < -0.3 is 10.1 Å². The van der Waals surface area contributed by atoms with Crippen molar-refractivity contribution in [2.24, 2.45) is 16.7 Å². The molecule has 3 rings (SSSR count). The highest BCUT2D eigenvalue weighted by molar-refractivity contribution is 5.11. The second-order valence-electron chi connectivity index (χ2n) is 8.26. The predicted molar refractivity (Wildman–Crippen MR) is 83.8 cm³/mol. The molecule has 0 heterocycles. The lowest BCUT2D eigenvalue weighted by molar-refractivity contribution is -0.0455. The third-order valence-electron chi connectivity index (χ3n) is 7.17. The van der Waals surface area contributed by atoms with Crippen LogP contribution in [0, 0.1) is 16.7 Å². The first-order valence-electron chi connectivity index (χ1n) is 8.89. The molecular formula is C18H33NO. The van der Waals surface area contributed by atoms with Gasteiger partial charge >= 0.3 is 0 Å². The molecule has 116 valence electrons. The summed E-state index contributed by atoms with van der Waals surface area (Å²) in [5.41, 5.74) is 0.900. The highest BCUT2D eigenvalue weighted by Crippen LogP contribution is 2.66. The van der Waals surface area contributed by atoms with Crippen LogP contribution in [0.2, 0.25) is 0 Å². The zero-order valence-corrected chi connectivity index (χ0v) is 13.7. The normalized spacial score (nSPS) is 40.4. The van der Waals surface area contributed by atoms with Crippen molar-refractivity contribution in [3.05, 3.63) is 0 Å². The molecule has 2 nitrogen and oxygen atoms in total. The van der Waals surface area contributed by atoms with E-state index in [4.69, 9.17) is 4.74 Å². The number of hydrogen-bond acceptors (Lipinski definition) is 2. The van der Waals surface area contributed by atoms with Gasteiger partial charge in [0.05, 0.1) is 12.7 Å². The highest BCUT2D eigenvalue weighted by atomic mass is 16.5. The summed E-state index contributed by atoms with van der Waals surface area (Å²) < 4.78 is 6.30. The largest absolute Gasteiger partial charge is 0.376 e. The molecule has 0 radical (unpaired) electrons. The van der Waals surface area contributed by atoms with Crippen LogP contribution >= 0.6 is 0 Å². The molecule has 2 heteroatoms. The van der Waals surface area contributed by atoms with E-state index in [0.29, 0.717) is 16.9 Å². The zero-order valence-electron chi connectivity index (χ0n) is 13.7. The zero-order chi connectivity index (χ0) is 14.2. The van der Waals surface area contributed by atoms with Crippen LogP contribution in [0.5, 0.6) is 0 Å². The van der Waals surface area contributed by atoms with Gasteiger partial charge in [-0.15, -0.1) is 0 Å². The van der Waals surface area contributed by atoms with Crippen LogP contribution in [0.15, 0.2) is 0 Å². The summed E-state index contributed by atoms with van der Waals surface area (Å²) in [4.78, 5) is 0. The first kappa shape index (κ1) is 14.8. The van der Waals surface area contributed by atoms with Crippen molar-refractivity contribution < 1.29 is 4.74 Å². The van der Waals surface area contributed by atoms with Gasteiger partial charge in [0.2, 0.25) is 0 Å². The minimum absolute atomic E-state index is 0.419. The molecule has 3 aliphatic carbocycles. The smallest absolute Gasteiger partial charge is 0.0637 e. The lowest BCUT2D eigenvalue weighted by atomic mass is 9.70. The Balaban J connectivity index is 1.41. The van der Waals surface area contributed by atoms with Crippen LogP contribution in [0.3, 0.4) is 0 Å². The Bertz CT molecular complexity index is 334.